The van der Waals surface area contributed by atoms with Crippen LogP contribution in [-0.2, 0) is 10.3 Å². The molecule has 2 N–H and O–H groups in total. The molecule has 1 saturated carbocycles. The van der Waals surface area contributed by atoms with E-state index in [1.807, 2.05) is 20.8 Å². The minimum atomic E-state index is -1.01. The zero-order chi connectivity index (χ0) is 14.9. The molecule has 1 aromatic heterocycles. The van der Waals surface area contributed by atoms with Crippen LogP contribution >= 0.6 is 0 Å². The van der Waals surface area contributed by atoms with Gasteiger partial charge in [0.05, 0.1) is 5.54 Å². The Balaban J connectivity index is 2.02. The number of carboxylic acids is 1. The number of carboxylic acid groups (broad SMARTS) is 1. The van der Waals surface area contributed by atoms with E-state index in [9.17, 15) is 9.59 Å². The summed E-state index contributed by atoms with van der Waals surface area (Å²) in [5.74, 6) is -1.14. The van der Waals surface area contributed by atoms with Crippen LogP contribution in [0.15, 0.2) is 6.33 Å². The van der Waals surface area contributed by atoms with E-state index in [1.54, 1.807) is 4.68 Å². The van der Waals surface area contributed by atoms with Crippen molar-refractivity contribution in [3.63, 3.8) is 0 Å². The number of aromatic nitrogens is 3. The molecule has 1 aromatic rings. The third-order valence-corrected chi connectivity index (χ3v) is 3.25. The molecule has 0 spiro atoms. The molecule has 0 radical (unpaired) electrons. The molecule has 7 nitrogen and oxygen atoms in total. The molecule has 0 saturated heterocycles. The van der Waals surface area contributed by atoms with Gasteiger partial charge in [0.25, 0.3) is 5.91 Å². The van der Waals surface area contributed by atoms with Crippen molar-refractivity contribution in [3.8, 4) is 0 Å². The largest absolute Gasteiger partial charge is 0.480 e. The molecule has 0 aliphatic heterocycles. The van der Waals surface area contributed by atoms with E-state index in [0.717, 1.165) is 12.8 Å². The quantitative estimate of drug-likeness (QED) is 0.839. The van der Waals surface area contributed by atoms with Gasteiger partial charge in [-0.15, -0.1) is 5.10 Å². The van der Waals surface area contributed by atoms with Crippen molar-refractivity contribution in [1.82, 2.24) is 20.1 Å². The van der Waals surface area contributed by atoms with Crippen LogP contribution in [0.1, 0.15) is 50.7 Å². The van der Waals surface area contributed by atoms with Crippen LogP contribution in [0.2, 0.25) is 0 Å². The molecule has 1 heterocycles. The van der Waals surface area contributed by atoms with E-state index in [-0.39, 0.29) is 11.4 Å². The smallest absolute Gasteiger partial charge is 0.326 e. The average Bonchev–Trinajstić information content (AvgIpc) is 2.99. The van der Waals surface area contributed by atoms with Crippen LogP contribution in [0, 0.1) is 5.92 Å². The SMILES string of the molecule is CC(C)(C)n1cnc(C(=O)NC(CC2CC2)C(=O)O)n1. The van der Waals surface area contributed by atoms with Gasteiger partial charge in [-0.2, -0.15) is 0 Å². The summed E-state index contributed by atoms with van der Waals surface area (Å²) in [5, 5.41) is 15.7. The monoisotopic (exact) mass is 280 g/mol. The van der Waals surface area contributed by atoms with E-state index in [2.05, 4.69) is 15.4 Å². The summed E-state index contributed by atoms with van der Waals surface area (Å²) in [6.07, 6.45) is 4.03. The summed E-state index contributed by atoms with van der Waals surface area (Å²) in [6.45, 7) is 5.82. The van der Waals surface area contributed by atoms with Crippen LogP contribution in [0.5, 0.6) is 0 Å². The van der Waals surface area contributed by atoms with E-state index < -0.39 is 17.9 Å². The highest BCUT2D eigenvalue weighted by atomic mass is 16.4. The maximum absolute atomic E-state index is 12.0. The fourth-order valence-corrected chi connectivity index (χ4v) is 1.82. The van der Waals surface area contributed by atoms with Gasteiger partial charge >= 0.3 is 5.97 Å². The Morgan fingerprint density at radius 2 is 2.15 bits per heavy atom. The first kappa shape index (κ1) is 14.5. The molecule has 1 amide bonds. The summed E-state index contributed by atoms with van der Waals surface area (Å²) < 4.78 is 1.58. The van der Waals surface area contributed by atoms with Crippen molar-refractivity contribution in [2.45, 2.75) is 51.6 Å². The second-order valence-electron chi connectivity index (χ2n) is 6.23. The molecule has 20 heavy (non-hydrogen) atoms. The predicted molar refractivity (Wildman–Crippen MR) is 71.2 cm³/mol. The summed E-state index contributed by atoms with van der Waals surface area (Å²) in [4.78, 5) is 27.1. The van der Waals surface area contributed by atoms with Crippen LogP contribution in [0.25, 0.3) is 0 Å². The summed E-state index contributed by atoms with van der Waals surface area (Å²) in [6, 6.07) is -0.864. The van der Waals surface area contributed by atoms with Crippen molar-refractivity contribution >= 4 is 11.9 Å². The van der Waals surface area contributed by atoms with Crippen molar-refractivity contribution in [3.05, 3.63) is 12.2 Å². The molecule has 0 aromatic carbocycles. The highest BCUT2D eigenvalue weighted by molar-refractivity contribution is 5.93. The Kier molecular flexibility index (Phi) is 3.78. The van der Waals surface area contributed by atoms with Gasteiger partial charge in [0, 0.05) is 0 Å². The lowest BCUT2D eigenvalue weighted by Crippen LogP contribution is -2.41. The van der Waals surface area contributed by atoms with Gasteiger partial charge in [0.2, 0.25) is 5.82 Å². The van der Waals surface area contributed by atoms with Gasteiger partial charge in [-0.05, 0) is 33.1 Å². The molecular weight excluding hydrogens is 260 g/mol. The fourth-order valence-electron chi connectivity index (χ4n) is 1.82. The summed E-state index contributed by atoms with van der Waals surface area (Å²) in [5.41, 5.74) is -0.272. The number of amides is 1. The van der Waals surface area contributed by atoms with Crippen LogP contribution in [0.3, 0.4) is 0 Å². The molecule has 1 aliphatic carbocycles. The van der Waals surface area contributed by atoms with E-state index in [1.165, 1.54) is 6.33 Å². The second-order valence-corrected chi connectivity index (χ2v) is 6.23. The van der Waals surface area contributed by atoms with Crippen molar-refractivity contribution in [1.29, 1.82) is 0 Å². The van der Waals surface area contributed by atoms with Crippen LogP contribution in [0.4, 0.5) is 0 Å². The van der Waals surface area contributed by atoms with Crippen LogP contribution < -0.4 is 5.32 Å². The molecule has 0 bridgehead atoms. The topological polar surface area (TPSA) is 97.1 Å². The second kappa shape index (κ2) is 5.22. The highest BCUT2D eigenvalue weighted by Gasteiger charge is 2.31. The molecular formula is C13H20N4O3. The Hall–Kier alpha value is -1.92. The fraction of sp³-hybridized carbons (Fsp3) is 0.692. The third kappa shape index (κ3) is 3.55. The lowest BCUT2D eigenvalue weighted by atomic mass is 10.1. The lowest BCUT2D eigenvalue weighted by molar-refractivity contribution is -0.139. The number of aliphatic carboxylic acids is 1. The molecule has 1 unspecified atom stereocenters. The average molecular weight is 280 g/mol. The Morgan fingerprint density at radius 3 is 2.60 bits per heavy atom. The number of rotatable bonds is 5. The first-order valence-corrected chi connectivity index (χ1v) is 6.73. The van der Waals surface area contributed by atoms with Gasteiger partial charge in [0.15, 0.2) is 0 Å². The molecule has 110 valence electrons. The molecule has 1 aliphatic rings. The van der Waals surface area contributed by atoms with E-state index in [4.69, 9.17) is 5.11 Å². The van der Waals surface area contributed by atoms with Crippen LogP contribution in [-0.4, -0.2) is 37.8 Å². The number of carbonyl (C=O) groups is 2. The zero-order valence-corrected chi connectivity index (χ0v) is 12.0. The number of carbonyl (C=O) groups excluding carboxylic acids is 1. The number of nitrogens with zero attached hydrogens (tertiary/aromatic N) is 3. The van der Waals surface area contributed by atoms with Gasteiger partial charge in [0.1, 0.15) is 12.4 Å². The first-order chi connectivity index (χ1) is 9.27. The Bertz CT molecular complexity index is 514. The number of nitrogens with one attached hydrogen (secondary N) is 1. The summed E-state index contributed by atoms with van der Waals surface area (Å²) >= 11 is 0. The Morgan fingerprint density at radius 1 is 1.50 bits per heavy atom. The van der Waals surface area contributed by atoms with Crippen molar-refractivity contribution in [2.75, 3.05) is 0 Å². The predicted octanol–water partition coefficient (Wildman–Crippen LogP) is 1.02. The van der Waals surface area contributed by atoms with Gasteiger partial charge < -0.3 is 10.4 Å². The maximum Gasteiger partial charge on any atom is 0.326 e. The first-order valence-electron chi connectivity index (χ1n) is 6.73. The maximum atomic E-state index is 12.0. The normalized spacial score (nSPS) is 16.8. The van der Waals surface area contributed by atoms with E-state index in [0.29, 0.717) is 12.3 Å². The van der Waals surface area contributed by atoms with Crippen molar-refractivity contribution in [2.24, 2.45) is 5.92 Å². The minimum Gasteiger partial charge on any atom is -0.480 e. The van der Waals surface area contributed by atoms with Gasteiger partial charge in [-0.3, -0.25) is 4.79 Å². The number of hydrogen-bond donors (Lipinski definition) is 2. The van der Waals surface area contributed by atoms with Gasteiger partial charge in [-0.1, -0.05) is 12.8 Å². The molecule has 7 heteroatoms. The highest BCUT2D eigenvalue weighted by Crippen LogP contribution is 2.33. The molecule has 1 fully saturated rings. The van der Waals surface area contributed by atoms with Gasteiger partial charge in [-0.25, -0.2) is 14.5 Å². The minimum absolute atomic E-state index is 0.00183. The van der Waals surface area contributed by atoms with E-state index >= 15 is 0 Å². The molecule has 1 atom stereocenters. The molecule has 2 rings (SSSR count). The zero-order valence-electron chi connectivity index (χ0n) is 12.0. The van der Waals surface area contributed by atoms with Crippen molar-refractivity contribution < 1.29 is 14.7 Å². The third-order valence-electron chi connectivity index (χ3n) is 3.25. The Labute approximate surface area is 117 Å². The summed E-state index contributed by atoms with van der Waals surface area (Å²) in [7, 11) is 0. The standard InChI is InChI=1S/C13H20N4O3/c1-13(2,3)17-7-14-10(16-17)11(18)15-9(12(19)20)6-8-4-5-8/h7-9H,4-6H2,1-3H3,(H,15,18)(H,19,20). The number of hydrogen-bond acceptors (Lipinski definition) is 4. The lowest BCUT2D eigenvalue weighted by Gasteiger charge is -2.17.